The number of furan rings is 1. The van der Waals surface area contributed by atoms with Gasteiger partial charge in [-0.2, -0.15) is 5.10 Å². The Morgan fingerprint density at radius 2 is 2.13 bits per heavy atom. The highest BCUT2D eigenvalue weighted by Gasteiger charge is 2.34. The van der Waals surface area contributed by atoms with Crippen LogP contribution in [0.15, 0.2) is 83.5 Å². The van der Waals surface area contributed by atoms with Crippen molar-refractivity contribution in [2.24, 2.45) is 10.2 Å². The van der Waals surface area contributed by atoms with E-state index in [0.717, 1.165) is 10.0 Å². The first-order valence-corrected chi connectivity index (χ1v) is 11.3. The molecule has 10 heteroatoms. The van der Waals surface area contributed by atoms with E-state index in [1.54, 1.807) is 55.1 Å². The maximum atomic E-state index is 13.0. The third kappa shape index (κ3) is 5.15. The van der Waals surface area contributed by atoms with Gasteiger partial charge in [0.25, 0.3) is 5.91 Å². The number of phenols is 1. The molecule has 0 spiro atoms. The summed E-state index contributed by atoms with van der Waals surface area (Å²) in [5.74, 6) is 0.473. The molecular formula is C21H14Br2N4O3S. The Morgan fingerprint density at radius 3 is 2.87 bits per heavy atom. The second-order valence-corrected chi connectivity index (χ2v) is 9.10. The molecule has 156 valence electrons. The van der Waals surface area contributed by atoms with Gasteiger partial charge in [-0.1, -0.05) is 22.0 Å². The summed E-state index contributed by atoms with van der Waals surface area (Å²) in [5.41, 5.74) is 1.29. The number of nitrogens with zero attached hydrogens (tertiary/aromatic N) is 4. The smallest absolute Gasteiger partial charge is 0.267 e. The predicted octanol–water partition coefficient (Wildman–Crippen LogP) is 5.41. The number of thioether (sulfide) groups is 1. The predicted molar refractivity (Wildman–Crippen MR) is 128 cm³/mol. The molecule has 31 heavy (non-hydrogen) atoms. The number of carbonyl (C=O) groups is 1. The van der Waals surface area contributed by atoms with E-state index >= 15 is 0 Å². The van der Waals surface area contributed by atoms with Crippen LogP contribution in [0.25, 0.3) is 6.08 Å². The molecule has 2 aromatic heterocycles. The summed E-state index contributed by atoms with van der Waals surface area (Å²) in [6.07, 6.45) is 8.10. The number of phenolic OH excluding ortho intramolecular Hbond substituents is 1. The number of aromatic hydroxyl groups is 1. The second kappa shape index (κ2) is 9.63. The molecule has 1 amide bonds. The average molecular weight is 562 g/mol. The minimum absolute atomic E-state index is 0.0481. The van der Waals surface area contributed by atoms with E-state index in [0.29, 0.717) is 25.9 Å². The maximum absolute atomic E-state index is 13.0. The molecule has 0 unspecified atom stereocenters. The zero-order valence-electron chi connectivity index (χ0n) is 15.8. The van der Waals surface area contributed by atoms with Crippen LogP contribution in [0.4, 0.5) is 0 Å². The van der Waals surface area contributed by atoms with Crippen molar-refractivity contribution in [1.82, 2.24) is 9.88 Å². The molecular weight excluding hydrogens is 548 g/mol. The van der Waals surface area contributed by atoms with Crippen LogP contribution < -0.4 is 0 Å². The number of halogens is 2. The summed E-state index contributed by atoms with van der Waals surface area (Å²) >= 11 is 7.88. The van der Waals surface area contributed by atoms with E-state index in [2.05, 4.69) is 47.0 Å². The van der Waals surface area contributed by atoms with Crippen molar-refractivity contribution >= 4 is 67.0 Å². The lowest BCUT2D eigenvalue weighted by Crippen LogP contribution is -2.28. The third-order valence-corrected chi connectivity index (χ3v) is 6.22. The van der Waals surface area contributed by atoms with Gasteiger partial charge in [0.15, 0.2) is 5.17 Å². The molecule has 1 aliphatic rings. The van der Waals surface area contributed by atoms with Crippen LogP contribution >= 0.6 is 43.6 Å². The maximum Gasteiger partial charge on any atom is 0.267 e. The summed E-state index contributed by atoms with van der Waals surface area (Å²) < 4.78 is 6.70. The Labute approximate surface area is 198 Å². The Kier molecular flexibility index (Phi) is 6.69. The van der Waals surface area contributed by atoms with E-state index in [1.807, 2.05) is 6.07 Å². The van der Waals surface area contributed by atoms with E-state index in [1.165, 1.54) is 22.9 Å². The van der Waals surface area contributed by atoms with Crippen LogP contribution in [-0.4, -0.2) is 32.3 Å². The summed E-state index contributed by atoms with van der Waals surface area (Å²) in [6, 6.07) is 10.7. The SMILES string of the molecule is O=C1/C(=C/c2cccnc2)S/C(=N\N=C\c2cc(Br)cc(Br)c2O)N1Cc1ccco1. The van der Waals surface area contributed by atoms with Gasteiger partial charge in [-0.05, 0) is 69.7 Å². The number of amidine groups is 1. The van der Waals surface area contributed by atoms with Gasteiger partial charge in [0, 0.05) is 22.4 Å². The lowest BCUT2D eigenvalue weighted by atomic mass is 10.2. The third-order valence-electron chi connectivity index (χ3n) is 4.16. The number of aromatic nitrogens is 1. The molecule has 1 fully saturated rings. The number of rotatable bonds is 5. The first-order valence-electron chi connectivity index (χ1n) is 8.94. The molecule has 1 saturated heterocycles. The molecule has 1 aliphatic heterocycles. The van der Waals surface area contributed by atoms with Crippen LogP contribution in [0.3, 0.4) is 0 Å². The van der Waals surface area contributed by atoms with Crippen molar-refractivity contribution in [3.05, 3.63) is 85.8 Å². The first-order chi connectivity index (χ1) is 15.0. The average Bonchev–Trinajstić information content (AvgIpc) is 3.36. The Morgan fingerprint density at radius 1 is 1.26 bits per heavy atom. The van der Waals surface area contributed by atoms with Gasteiger partial charge in [0.1, 0.15) is 11.5 Å². The fourth-order valence-electron chi connectivity index (χ4n) is 2.72. The Balaban J connectivity index is 1.64. The summed E-state index contributed by atoms with van der Waals surface area (Å²) in [7, 11) is 0. The van der Waals surface area contributed by atoms with Crippen molar-refractivity contribution in [1.29, 1.82) is 0 Å². The van der Waals surface area contributed by atoms with Gasteiger partial charge < -0.3 is 9.52 Å². The van der Waals surface area contributed by atoms with Crippen molar-refractivity contribution in [2.75, 3.05) is 0 Å². The number of hydrogen-bond donors (Lipinski definition) is 1. The fraction of sp³-hybridized carbons (Fsp3) is 0.0476. The van der Waals surface area contributed by atoms with E-state index in [4.69, 9.17) is 4.42 Å². The zero-order chi connectivity index (χ0) is 21.8. The number of pyridine rings is 1. The van der Waals surface area contributed by atoms with Gasteiger partial charge in [0.05, 0.1) is 28.4 Å². The molecule has 1 N–H and O–H groups in total. The number of hydrogen-bond acceptors (Lipinski definition) is 7. The summed E-state index contributed by atoms with van der Waals surface area (Å²) in [4.78, 5) is 19.1. The quantitative estimate of drug-likeness (QED) is 0.255. The molecule has 1 aromatic carbocycles. The van der Waals surface area contributed by atoms with Crippen molar-refractivity contribution in [3.8, 4) is 5.75 Å². The number of carbonyl (C=O) groups excluding carboxylic acids is 1. The molecule has 3 heterocycles. The highest BCUT2D eigenvalue weighted by Crippen LogP contribution is 2.34. The molecule has 3 aromatic rings. The topological polar surface area (TPSA) is 91.3 Å². The van der Waals surface area contributed by atoms with Gasteiger partial charge in [-0.25, -0.2) is 0 Å². The van der Waals surface area contributed by atoms with E-state index in [-0.39, 0.29) is 18.2 Å². The van der Waals surface area contributed by atoms with Crippen molar-refractivity contribution in [3.63, 3.8) is 0 Å². The molecule has 0 atom stereocenters. The lowest BCUT2D eigenvalue weighted by molar-refractivity contribution is -0.122. The summed E-state index contributed by atoms with van der Waals surface area (Å²) in [6.45, 7) is 0.227. The van der Waals surface area contributed by atoms with Crippen LogP contribution in [0.5, 0.6) is 5.75 Å². The van der Waals surface area contributed by atoms with Gasteiger partial charge >= 0.3 is 0 Å². The highest BCUT2D eigenvalue weighted by atomic mass is 79.9. The molecule has 0 bridgehead atoms. The minimum Gasteiger partial charge on any atom is -0.506 e. The zero-order valence-corrected chi connectivity index (χ0v) is 19.8. The largest absolute Gasteiger partial charge is 0.506 e. The normalized spacial score (nSPS) is 16.8. The van der Waals surface area contributed by atoms with Gasteiger partial charge in [-0.15, -0.1) is 5.10 Å². The number of benzene rings is 1. The molecule has 4 rings (SSSR count). The lowest BCUT2D eigenvalue weighted by Gasteiger charge is -2.12. The monoisotopic (exact) mass is 560 g/mol. The van der Waals surface area contributed by atoms with Crippen molar-refractivity contribution < 1.29 is 14.3 Å². The van der Waals surface area contributed by atoms with Crippen LogP contribution in [0.2, 0.25) is 0 Å². The minimum atomic E-state index is -0.202. The Hall–Kier alpha value is -2.69. The fourth-order valence-corrected chi connectivity index (χ4v) is 4.91. The molecule has 0 saturated carbocycles. The molecule has 0 aliphatic carbocycles. The first kappa shape index (κ1) is 21.5. The standard InChI is InChI=1S/C21H14Br2N4O3S/c22-15-8-14(19(28)17(23)9-15)11-25-26-21-27(12-16-4-2-6-30-16)20(29)18(31-21)7-13-3-1-5-24-10-13/h1-11,28H,12H2/b18-7-,25-11+,26-21-. The van der Waals surface area contributed by atoms with Crippen molar-refractivity contribution in [2.45, 2.75) is 6.54 Å². The molecule has 0 radical (unpaired) electrons. The van der Waals surface area contributed by atoms with Gasteiger partial charge in [-0.3, -0.25) is 14.7 Å². The van der Waals surface area contributed by atoms with E-state index < -0.39 is 0 Å². The van der Waals surface area contributed by atoms with Crippen LogP contribution in [-0.2, 0) is 11.3 Å². The molecule has 7 nitrogen and oxygen atoms in total. The highest BCUT2D eigenvalue weighted by molar-refractivity contribution is 9.11. The summed E-state index contributed by atoms with van der Waals surface area (Å²) in [5, 5.41) is 18.9. The van der Waals surface area contributed by atoms with Gasteiger partial charge in [0.2, 0.25) is 0 Å². The second-order valence-electron chi connectivity index (χ2n) is 6.32. The Bertz CT molecular complexity index is 1190. The van der Waals surface area contributed by atoms with E-state index in [9.17, 15) is 9.90 Å². The van der Waals surface area contributed by atoms with Crippen LogP contribution in [0, 0.1) is 0 Å². The van der Waals surface area contributed by atoms with Crippen LogP contribution in [0.1, 0.15) is 16.9 Å². The number of amides is 1.